The summed E-state index contributed by atoms with van der Waals surface area (Å²) in [4.78, 5) is 14.7. The van der Waals surface area contributed by atoms with Crippen molar-refractivity contribution in [3.05, 3.63) is 34.6 Å². The molecule has 0 unspecified atom stereocenters. The number of ketones is 1. The van der Waals surface area contributed by atoms with Gasteiger partial charge in [0.05, 0.1) is 11.1 Å². The molecule has 0 aliphatic rings. The van der Waals surface area contributed by atoms with Gasteiger partial charge >= 0.3 is 0 Å². The average molecular weight is 265 g/mol. The second-order valence-corrected chi connectivity index (χ2v) is 5.50. The van der Waals surface area contributed by atoms with Gasteiger partial charge in [-0.05, 0) is 58.0 Å². The van der Waals surface area contributed by atoms with E-state index in [-0.39, 0.29) is 11.3 Å². The second kappa shape index (κ2) is 5.83. The Kier molecular flexibility index (Phi) is 4.86. The molecule has 2 nitrogen and oxygen atoms in total. The summed E-state index contributed by atoms with van der Waals surface area (Å²) in [5.74, 6) is -0.561. The van der Waals surface area contributed by atoms with Crippen molar-refractivity contribution >= 4 is 5.78 Å². The van der Waals surface area contributed by atoms with Crippen molar-refractivity contribution in [2.24, 2.45) is 0 Å². The van der Waals surface area contributed by atoms with Gasteiger partial charge in [-0.2, -0.15) is 0 Å². The maximum absolute atomic E-state index is 14.1. The van der Waals surface area contributed by atoms with E-state index in [1.165, 1.54) is 6.07 Å². The smallest absolute Gasteiger partial charge is 0.185 e. The third-order valence-corrected chi connectivity index (χ3v) is 3.77. The lowest BCUT2D eigenvalue weighted by Gasteiger charge is -2.36. The maximum atomic E-state index is 14.1. The molecule has 0 spiro atoms. The van der Waals surface area contributed by atoms with E-state index in [9.17, 15) is 9.18 Å². The van der Waals surface area contributed by atoms with Crippen LogP contribution in [-0.2, 0) is 0 Å². The molecule has 0 radical (unpaired) electrons. The van der Waals surface area contributed by atoms with Gasteiger partial charge < -0.3 is 0 Å². The minimum atomic E-state index is -0.690. The summed E-state index contributed by atoms with van der Waals surface area (Å²) >= 11 is 0. The lowest BCUT2D eigenvalue weighted by atomic mass is 9.88. The molecule has 3 heteroatoms. The molecule has 1 rings (SSSR count). The number of rotatable bonds is 5. The fourth-order valence-electron chi connectivity index (χ4n) is 2.67. The molecule has 19 heavy (non-hydrogen) atoms. The Morgan fingerprint density at radius 3 is 2.16 bits per heavy atom. The highest BCUT2D eigenvalue weighted by atomic mass is 19.1. The Balaban J connectivity index is 3.27. The van der Waals surface area contributed by atoms with Crippen molar-refractivity contribution in [1.29, 1.82) is 0 Å². The maximum Gasteiger partial charge on any atom is 0.185 e. The number of aryl methyl sites for hydroxylation is 2. The topological polar surface area (TPSA) is 20.3 Å². The highest BCUT2D eigenvalue weighted by Gasteiger charge is 2.35. The minimum absolute atomic E-state index is 0.147. The summed E-state index contributed by atoms with van der Waals surface area (Å²) < 4.78 is 14.1. The number of nitrogens with zero attached hydrogens (tertiary/aromatic N) is 1. The number of hydrogen-bond acceptors (Lipinski definition) is 2. The van der Waals surface area contributed by atoms with Crippen molar-refractivity contribution < 1.29 is 9.18 Å². The van der Waals surface area contributed by atoms with Crippen LogP contribution in [0.3, 0.4) is 0 Å². The second-order valence-electron chi connectivity index (χ2n) is 5.50. The third kappa shape index (κ3) is 3.03. The molecule has 106 valence electrons. The van der Waals surface area contributed by atoms with Crippen LogP contribution in [0.4, 0.5) is 4.39 Å². The number of hydrogen-bond donors (Lipinski definition) is 0. The Hall–Kier alpha value is -1.22. The fourth-order valence-corrected chi connectivity index (χ4v) is 2.67. The van der Waals surface area contributed by atoms with Crippen LogP contribution in [0, 0.1) is 19.7 Å². The molecule has 0 saturated heterocycles. The molecule has 0 N–H and O–H groups in total. The van der Waals surface area contributed by atoms with E-state index in [0.29, 0.717) is 5.56 Å². The van der Waals surface area contributed by atoms with Gasteiger partial charge in [-0.3, -0.25) is 9.69 Å². The number of benzene rings is 1. The summed E-state index contributed by atoms with van der Waals surface area (Å²) in [6.45, 7) is 12.9. The fraction of sp³-hybridized carbons (Fsp3) is 0.562. The predicted molar refractivity (Wildman–Crippen MR) is 77.2 cm³/mol. The van der Waals surface area contributed by atoms with E-state index in [2.05, 4.69) is 0 Å². The van der Waals surface area contributed by atoms with Gasteiger partial charge in [-0.15, -0.1) is 0 Å². The number of likely N-dealkylation sites (N-methyl/N-ethyl adjacent to an activating group) is 1. The van der Waals surface area contributed by atoms with Gasteiger partial charge in [0.2, 0.25) is 0 Å². The number of Topliss-reactive ketones (excluding diaryl/α,β-unsaturated/α-hetero) is 1. The van der Waals surface area contributed by atoms with Crippen LogP contribution in [0.2, 0.25) is 0 Å². The van der Waals surface area contributed by atoms with Gasteiger partial charge in [0.25, 0.3) is 0 Å². The Labute approximate surface area is 115 Å². The molecule has 0 heterocycles. The van der Waals surface area contributed by atoms with Crippen LogP contribution < -0.4 is 0 Å². The molecule has 0 aliphatic carbocycles. The molecule has 0 amide bonds. The van der Waals surface area contributed by atoms with Crippen molar-refractivity contribution in [1.82, 2.24) is 4.90 Å². The lowest BCUT2D eigenvalue weighted by Crippen LogP contribution is -2.50. The summed E-state index contributed by atoms with van der Waals surface area (Å²) in [6.07, 6.45) is 0. The molecular weight excluding hydrogens is 241 g/mol. The zero-order valence-corrected chi connectivity index (χ0v) is 12.8. The molecule has 0 aliphatic heterocycles. The monoisotopic (exact) mass is 265 g/mol. The van der Waals surface area contributed by atoms with Crippen molar-refractivity contribution in [3.8, 4) is 0 Å². The summed E-state index contributed by atoms with van der Waals surface area (Å²) in [6, 6.07) is 3.28. The highest BCUT2D eigenvalue weighted by Crippen LogP contribution is 2.25. The summed E-state index contributed by atoms with van der Waals surface area (Å²) in [7, 11) is 0. The van der Waals surface area contributed by atoms with Crippen LogP contribution in [0.1, 0.15) is 49.2 Å². The first-order valence-electron chi connectivity index (χ1n) is 6.82. The molecular formula is C16H24FNO. The summed E-state index contributed by atoms with van der Waals surface area (Å²) in [5.41, 5.74) is 1.09. The molecule has 0 saturated carbocycles. The van der Waals surface area contributed by atoms with Gasteiger partial charge in [-0.1, -0.05) is 19.9 Å². The molecule has 0 bridgehead atoms. The van der Waals surface area contributed by atoms with Crippen molar-refractivity contribution in [2.75, 3.05) is 13.1 Å². The van der Waals surface area contributed by atoms with E-state index >= 15 is 0 Å². The molecule has 1 aromatic carbocycles. The van der Waals surface area contributed by atoms with Gasteiger partial charge in [0.1, 0.15) is 5.82 Å². The SMILES string of the molecule is CCN(CC)C(C)(C)C(=O)c1c(C)cc(C)cc1F. The van der Waals surface area contributed by atoms with E-state index in [1.54, 1.807) is 6.92 Å². The van der Waals surface area contributed by atoms with Crippen LogP contribution in [0.25, 0.3) is 0 Å². The highest BCUT2D eigenvalue weighted by molar-refractivity contribution is 6.04. The first kappa shape index (κ1) is 15.8. The first-order chi connectivity index (χ1) is 8.75. The Bertz CT molecular complexity index is 453. The zero-order valence-electron chi connectivity index (χ0n) is 12.8. The van der Waals surface area contributed by atoms with Gasteiger partial charge in [0, 0.05) is 0 Å². The predicted octanol–water partition coefficient (Wildman–Crippen LogP) is 3.75. The average Bonchev–Trinajstić information content (AvgIpc) is 2.28. The number of halogens is 1. The first-order valence-corrected chi connectivity index (χ1v) is 6.82. The van der Waals surface area contributed by atoms with Crippen LogP contribution in [-0.4, -0.2) is 29.3 Å². The Morgan fingerprint density at radius 2 is 1.74 bits per heavy atom. The Morgan fingerprint density at radius 1 is 1.21 bits per heavy atom. The normalized spacial score (nSPS) is 12.0. The van der Waals surface area contributed by atoms with E-state index in [1.807, 2.05) is 45.6 Å². The number of carbonyl (C=O) groups is 1. The van der Waals surface area contributed by atoms with Gasteiger partial charge in [-0.25, -0.2) is 4.39 Å². The lowest BCUT2D eigenvalue weighted by molar-refractivity contribution is 0.0663. The van der Waals surface area contributed by atoms with Crippen LogP contribution in [0.5, 0.6) is 0 Å². The van der Waals surface area contributed by atoms with E-state index in [4.69, 9.17) is 0 Å². The van der Waals surface area contributed by atoms with E-state index < -0.39 is 11.4 Å². The third-order valence-electron chi connectivity index (χ3n) is 3.77. The van der Waals surface area contributed by atoms with Crippen molar-refractivity contribution in [3.63, 3.8) is 0 Å². The van der Waals surface area contributed by atoms with Gasteiger partial charge in [0.15, 0.2) is 5.78 Å². The molecule has 0 fully saturated rings. The quantitative estimate of drug-likeness (QED) is 0.756. The standard InChI is InChI=1S/C16H24FNO/c1-7-18(8-2)16(5,6)15(19)14-12(4)9-11(3)10-13(14)17/h9-10H,7-8H2,1-6H3. The minimum Gasteiger partial charge on any atom is -0.292 e. The van der Waals surface area contributed by atoms with Crippen molar-refractivity contribution in [2.45, 2.75) is 47.1 Å². The van der Waals surface area contributed by atoms with Crippen LogP contribution in [0.15, 0.2) is 12.1 Å². The molecule has 0 aromatic heterocycles. The van der Waals surface area contributed by atoms with E-state index in [0.717, 1.165) is 18.7 Å². The molecule has 1 aromatic rings. The summed E-state index contributed by atoms with van der Waals surface area (Å²) in [5, 5.41) is 0. The van der Waals surface area contributed by atoms with Crippen LogP contribution >= 0.6 is 0 Å². The molecule has 0 atom stereocenters. The zero-order chi connectivity index (χ0) is 14.8. The number of carbonyl (C=O) groups excluding carboxylic acids is 1. The largest absolute Gasteiger partial charge is 0.292 e.